The van der Waals surface area contributed by atoms with E-state index in [2.05, 4.69) is 4.90 Å². The molecule has 7 nitrogen and oxygen atoms in total. The number of piperazine rings is 1. The van der Waals surface area contributed by atoms with Gasteiger partial charge >= 0.3 is 0 Å². The molecule has 1 saturated heterocycles. The molecule has 7 heteroatoms. The zero-order valence-electron chi connectivity index (χ0n) is 18.8. The molecule has 0 saturated carbocycles. The highest BCUT2D eigenvalue weighted by atomic mass is 16.6. The highest BCUT2D eigenvalue weighted by Gasteiger charge is 2.25. The Morgan fingerprint density at radius 3 is 2.29 bits per heavy atom. The van der Waals surface area contributed by atoms with E-state index >= 15 is 0 Å². The molecule has 170 valence electrons. The molecule has 2 heterocycles. The number of nitrogens with zero attached hydrogens (tertiary/aromatic N) is 4. The van der Waals surface area contributed by atoms with E-state index in [1.54, 1.807) is 12.1 Å². The Morgan fingerprint density at radius 2 is 1.59 bits per heavy atom. The quantitative estimate of drug-likeness (QED) is 0.319. The van der Waals surface area contributed by atoms with E-state index in [0.717, 1.165) is 33.4 Å². The number of nitro groups is 1. The molecule has 34 heavy (non-hydrogen) atoms. The van der Waals surface area contributed by atoms with Crippen molar-refractivity contribution < 1.29 is 9.72 Å². The Bertz CT molecular complexity index is 1380. The lowest BCUT2D eigenvalue weighted by molar-refractivity contribution is -0.384. The molecule has 1 aliphatic heterocycles. The first-order valence-electron chi connectivity index (χ1n) is 11.3. The average molecular weight is 453 g/mol. The molecule has 1 fully saturated rings. The molecule has 1 aromatic heterocycles. The Labute approximate surface area is 197 Å². The van der Waals surface area contributed by atoms with Crippen LogP contribution in [-0.2, 0) is 0 Å². The maximum absolute atomic E-state index is 13.6. The van der Waals surface area contributed by atoms with Crippen LogP contribution < -0.4 is 4.90 Å². The molecule has 0 bridgehead atoms. The monoisotopic (exact) mass is 452 g/mol. The number of carbonyl (C=O) groups excluding carboxylic acids is 1. The highest BCUT2D eigenvalue weighted by molar-refractivity contribution is 6.07. The number of benzene rings is 3. The summed E-state index contributed by atoms with van der Waals surface area (Å²) in [7, 11) is 0. The van der Waals surface area contributed by atoms with Crippen LogP contribution in [0.15, 0.2) is 78.9 Å². The Kier molecular flexibility index (Phi) is 5.67. The van der Waals surface area contributed by atoms with Crippen molar-refractivity contribution in [2.45, 2.75) is 6.92 Å². The fourth-order valence-corrected chi connectivity index (χ4v) is 4.47. The van der Waals surface area contributed by atoms with Gasteiger partial charge in [-0.15, -0.1) is 0 Å². The molecule has 0 N–H and O–H groups in total. The van der Waals surface area contributed by atoms with Crippen LogP contribution in [0.1, 0.15) is 15.9 Å². The van der Waals surface area contributed by atoms with E-state index < -0.39 is 4.92 Å². The predicted molar refractivity (Wildman–Crippen MR) is 133 cm³/mol. The number of aryl methyl sites for hydroxylation is 1. The van der Waals surface area contributed by atoms with Gasteiger partial charge in [-0.25, -0.2) is 4.98 Å². The average Bonchev–Trinajstić information content (AvgIpc) is 2.88. The number of fused-ring (bicyclic) bond motifs is 1. The minimum absolute atomic E-state index is 0.00298. The summed E-state index contributed by atoms with van der Waals surface area (Å²) in [5, 5.41) is 11.8. The number of para-hydroxylation sites is 1. The van der Waals surface area contributed by atoms with Crippen LogP contribution in [0, 0.1) is 17.0 Å². The third kappa shape index (κ3) is 4.08. The Morgan fingerprint density at radius 1 is 0.912 bits per heavy atom. The topological polar surface area (TPSA) is 79.6 Å². The van der Waals surface area contributed by atoms with E-state index in [1.165, 1.54) is 12.1 Å². The molecule has 5 rings (SSSR count). The van der Waals surface area contributed by atoms with Gasteiger partial charge in [-0.3, -0.25) is 14.9 Å². The van der Waals surface area contributed by atoms with Gasteiger partial charge in [0.2, 0.25) is 0 Å². The number of amides is 1. The maximum atomic E-state index is 13.6. The van der Waals surface area contributed by atoms with Crippen LogP contribution in [0.3, 0.4) is 0 Å². The standard InChI is InChI=1S/C27H24N4O3/c1-19-6-2-3-7-22(19)26-18-24(23-8-4-5-9-25(23)28-26)27(32)30-16-14-29(15-17-30)20-10-12-21(13-11-20)31(33)34/h2-13,18H,14-17H2,1H3. The van der Waals surface area contributed by atoms with E-state index in [1.807, 2.05) is 66.4 Å². The van der Waals surface area contributed by atoms with Crippen LogP contribution in [0.4, 0.5) is 11.4 Å². The summed E-state index contributed by atoms with van der Waals surface area (Å²) in [5.41, 5.74) is 5.39. The number of pyridine rings is 1. The van der Waals surface area contributed by atoms with Crippen molar-refractivity contribution in [2.24, 2.45) is 0 Å². The van der Waals surface area contributed by atoms with E-state index in [9.17, 15) is 14.9 Å². The minimum Gasteiger partial charge on any atom is -0.368 e. The van der Waals surface area contributed by atoms with Crippen molar-refractivity contribution in [3.05, 3.63) is 100 Å². The van der Waals surface area contributed by atoms with Crippen LogP contribution in [0.25, 0.3) is 22.2 Å². The largest absolute Gasteiger partial charge is 0.368 e. The van der Waals surface area contributed by atoms with Crippen molar-refractivity contribution in [1.82, 2.24) is 9.88 Å². The van der Waals surface area contributed by atoms with Crippen molar-refractivity contribution in [2.75, 3.05) is 31.1 Å². The number of hydrogen-bond acceptors (Lipinski definition) is 5. The maximum Gasteiger partial charge on any atom is 0.269 e. The number of anilines is 1. The molecular weight excluding hydrogens is 428 g/mol. The summed E-state index contributed by atoms with van der Waals surface area (Å²) in [4.78, 5) is 33.0. The Balaban J connectivity index is 1.40. The van der Waals surface area contributed by atoms with Crippen LogP contribution in [-0.4, -0.2) is 46.9 Å². The van der Waals surface area contributed by atoms with Gasteiger partial charge in [0.25, 0.3) is 11.6 Å². The zero-order valence-corrected chi connectivity index (χ0v) is 18.8. The van der Waals surface area contributed by atoms with Gasteiger partial charge in [0.1, 0.15) is 0 Å². The smallest absolute Gasteiger partial charge is 0.269 e. The molecule has 0 aliphatic carbocycles. The molecule has 1 aliphatic rings. The van der Waals surface area contributed by atoms with Gasteiger partial charge in [-0.05, 0) is 36.8 Å². The fraction of sp³-hybridized carbons (Fsp3) is 0.185. The highest BCUT2D eigenvalue weighted by Crippen LogP contribution is 2.28. The van der Waals surface area contributed by atoms with Crippen LogP contribution in [0.5, 0.6) is 0 Å². The van der Waals surface area contributed by atoms with Crippen LogP contribution >= 0.6 is 0 Å². The van der Waals surface area contributed by atoms with Gasteiger partial charge in [-0.2, -0.15) is 0 Å². The molecular formula is C27H24N4O3. The molecule has 0 spiro atoms. The third-order valence-corrected chi connectivity index (χ3v) is 6.36. The summed E-state index contributed by atoms with van der Waals surface area (Å²) in [5.74, 6) is -0.00298. The lowest BCUT2D eigenvalue weighted by Gasteiger charge is -2.36. The predicted octanol–water partition coefficient (Wildman–Crippen LogP) is 5.08. The van der Waals surface area contributed by atoms with E-state index in [-0.39, 0.29) is 11.6 Å². The van der Waals surface area contributed by atoms with E-state index in [4.69, 9.17) is 4.98 Å². The van der Waals surface area contributed by atoms with Crippen molar-refractivity contribution in [3.63, 3.8) is 0 Å². The van der Waals surface area contributed by atoms with Gasteiger partial charge in [0.15, 0.2) is 0 Å². The van der Waals surface area contributed by atoms with Crippen LogP contribution in [0.2, 0.25) is 0 Å². The molecule has 0 radical (unpaired) electrons. The SMILES string of the molecule is Cc1ccccc1-c1cc(C(=O)N2CCN(c3ccc([N+](=O)[O-])cc3)CC2)c2ccccc2n1. The van der Waals surface area contributed by atoms with Gasteiger partial charge in [-0.1, -0.05) is 42.5 Å². The fourth-order valence-electron chi connectivity index (χ4n) is 4.47. The third-order valence-electron chi connectivity index (χ3n) is 6.36. The first-order valence-corrected chi connectivity index (χ1v) is 11.3. The second-order valence-electron chi connectivity index (χ2n) is 8.44. The lowest BCUT2D eigenvalue weighted by Crippen LogP contribution is -2.48. The summed E-state index contributed by atoms with van der Waals surface area (Å²) in [6.07, 6.45) is 0. The van der Waals surface area contributed by atoms with Crippen molar-refractivity contribution >= 4 is 28.2 Å². The summed E-state index contributed by atoms with van der Waals surface area (Å²) in [6, 6.07) is 24.3. The molecule has 0 atom stereocenters. The number of rotatable bonds is 4. The first-order chi connectivity index (χ1) is 16.5. The first kappa shape index (κ1) is 21.6. The molecule has 4 aromatic rings. The normalized spacial score (nSPS) is 13.8. The second kappa shape index (κ2) is 8.94. The lowest BCUT2D eigenvalue weighted by atomic mass is 10.00. The minimum atomic E-state index is -0.398. The van der Waals surface area contributed by atoms with E-state index in [0.29, 0.717) is 31.7 Å². The summed E-state index contributed by atoms with van der Waals surface area (Å²) in [6.45, 7) is 4.53. The van der Waals surface area contributed by atoms with Gasteiger partial charge < -0.3 is 9.80 Å². The molecule has 1 amide bonds. The molecule has 3 aromatic carbocycles. The summed E-state index contributed by atoms with van der Waals surface area (Å²) >= 11 is 0. The van der Waals surface area contributed by atoms with Crippen molar-refractivity contribution in [3.8, 4) is 11.3 Å². The van der Waals surface area contributed by atoms with Gasteiger partial charge in [0.05, 0.1) is 21.7 Å². The second-order valence-corrected chi connectivity index (χ2v) is 8.44. The Hall–Kier alpha value is -4.26. The number of hydrogen-bond donors (Lipinski definition) is 0. The van der Waals surface area contributed by atoms with Crippen molar-refractivity contribution in [1.29, 1.82) is 0 Å². The number of carbonyl (C=O) groups is 1. The number of nitro benzene ring substituents is 1. The molecule has 0 unspecified atom stereocenters. The van der Waals surface area contributed by atoms with Gasteiger partial charge in [0, 0.05) is 54.9 Å². The summed E-state index contributed by atoms with van der Waals surface area (Å²) < 4.78 is 0. The zero-order chi connectivity index (χ0) is 23.7. The number of aromatic nitrogens is 1. The number of non-ortho nitro benzene ring substituents is 1.